The Hall–Kier alpha value is -2.86. The van der Waals surface area contributed by atoms with Gasteiger partial charge in [-0.05, 0) is 63.1 Å². The van der Waals surface area contributed by atoms with E-state index in [9.17, 15) is 0 Å². The Balaban J connectivity index is 1.68. The molecular weight excluding hydrogens is 312 g/mol. The van der Waals surface area contributed by atoms with Crippen LogP contribution in [0, 0.1) is 5.92 Å². The molecule has 0 spiro atoms. The van der Waals surface area contributed by atoms with E-state index in [4.69, 9.17) is 0 Å². The number of rotatable bonds is 1. The Morgan fingerprint density at radius 3 is 2.46 bits per heavy atom. The molecule has 2 aliphatic rings. The van der Waals surface area contributed by atoms with E-state index in [-0.39, 0.29) is 0 Å². The number of benzene rings is 3. The fourth-order valence-electron chi connectivity index (χ4n) is 4.74. The summed E-state index contributed by atoms with van der Waals surface area (Å²) in [5.74, 6) is 0.906. The van der Waals surface area contributed by atoms with Gasteiger partial charge in [-0.15, -0.1) is 0 Å². The second kappa shape index (κ2) is 5.85. The molecule has 0 radical (unpaired) electrons. The van der Waals surface area contributed by atoms with Crippen molar-refractivity contribution in [3.05, 3.63) is 107 Å². The van der Waals surface area contributed by atoms with Gasteiger partial charge in [0.15, 0.2) is 0 Å². The van der Waals surface area contributed by atoms with Crippen LogP contribution < -0.4 is 0 Å². The van der Waals surface area contributed by atoms with Crippen LogP contribution in [-0.2, 0) is 0 Å². The third kappa shape index (κ3) is 2.22. The molecule has 0 fully saturated rings. The summed E-state index contributed by atoms with van der Waals surface area (Å²) in [4.78, 5) is 0. The van der Waals surface area contributed by atoms with Crippen molar-refractivity contribution in [3.8, 4) is 0 Å². The first-order valence-corrected chi connectivity index (χ1v) is 9.41. The lowest BCUT2D eigenvalue weighted by Gasteiger charge is -2.37. The molecule has 5 rings (SSSR count). The van der Waals surface area contributed by atoms with Crippen molar-refractivity contribution in [2.24, 2.45) is 5.92 Å². The minimum Gasteiger partial charge on any atom is -0.0619 e. The van der Waals surface area contributed by atoms with Gasteiger partial charge >= 0.3 is 0 Å². The van der Waals surface area contributed by atoms with Crippen molar-refractivity contribution < 1.29 is 0 Å². The molecule has 2 atom stereocenters. The number of allylic oxidation sites excluding steroid dienone is 6. The second-order valence-electron chi connectivity index (χ2n) is 7.48. The van der Waals surface area contributed by atoms with Crippen LogP contribution >= 0.6 is 0 Å². The number of fused-ring (bicyclic) bond motifs is 3. The topological polar surface area (TPSA) is 0 Å². The first-order chi connectivity index (χ1) is 12.7. The second-order valence-corrected chi connectivity index (χ2v) is 7.48. The molecule has 126 valence electrons. The van der Waals surface area contributed by atoms with Crippen LogP contribution in [0.1, 0.15) is 36.5 Å². The molecule has 3 aromatic rings. The Morgan fingerprint density at radius 2 is 1.58 bits per heavy atom. The van der Waals surface area contributed by atoms with Gasteiger partial charge in [0.05, 0.1) is 0 Å². The first-order valence-electron chi connectivity index (χ1n) is 9.41. The Bertz CT molecular complexity index is 1110. The maximum absolute atomic E-state index is 2.38. The van der Waals surface area contributed by atoms with E-state index >= 15 is 0 Å². The molecule has 0 amide bonds. The van der Waals surface area contributed by atoms with Crippen LogP contribution in [0.4, 0.5) is 0 Å². The summed E-state index contributed by atoms with van der Waals surface area (Å²) < 4.78 is 0. The quantitative estimate of drug-likeness (QED) is 0.449. The monoisotopic (exact) mass is 334 g/mol. The summed E-state index contributed by atoms with van der Waals surface area (Å²) in [6.45, 7) is 4.66. The van der Waals surface area contributed by atoms with Gasteiger partial charge in [-0.2, -0.15) is 0 Å². The predicted octanol–water partition coefficient (Wildman–Crippen LogP) is 7.00. The van der Waals surface area contributed by atoms with Crippen molar-refractivity contribution in [2.75, 3.05) is 0 Å². The van der Waals surface area contributed by atoms with Crippen LogP contribution in [0.15, 0.2) is 90.5 Å². The number of hydrogen-bond donors (Lipinski definition) is 0. The van der Waals surface area contributed by atoms with Gasteiger partial charge in [-0.3, -0.25) is 0 Å². The maximum atomic E-state index is 2.38. The molecule has 0 N–H and O–H groups in total. The average Bonchev–Trinajstić information content (AvgIpc) is 2.71. The molecule has 3 aromatic carbocycles. The third-order valence-electron chi connectivity index (χ3n) is 6.09. The van der Waals surface area contributed by atoms with Crippen molar-refractivity contribution in [3.63, 3.8) is 0 Å². The summed E-state index contributed by atoms with van der Waals surface area (Å²) in [6, 6.07) is 24.4. The molecule has 0 saturated heterocycles. The Labute approximate surface area is 155 Å². The molecule has 0 heteroatoms. The van der Waals surface area contributed by atoms with E-state index in [0.717, 1.165) is 0 Å². The van der Waals surface area contributed by atoms with E-state index < -0.39 is 0 Å². The molecule has 0 aliphatic heterocycles. The van der Waals surface area contributed by atoms with Gasteiger partial charge in [0, 0.05) is 5.92 Å². The smallest absolute Gasteiger partial charge is 0.0164 e. The third-order valence-corrected chi connectivity index (χ3v) is 6.09. The highest BCUT2D eigenvalue weighted by Gasteiger charge is 2.34. The van der Waals surface area contributed by atoms with Crippen LogP contribution in [0.5, 0.6) is 0 Å². The van der Waals surface area contributed by atoms with Crippen molar-refractivity contribution >= 4 is 21.9 Å². The Morgan fingerprint density at radius 1 is 0.808 bits per heavy atom. The summed E-state index contributed by atoms with van der Waals surface area (Å²) >= 11 is 0. The minimum atomic E-state index is 0.427. The highest BCUT2D eigenvalue weighted by atomic mass is 14.4. The van der Waals surface area contributed by atoms with Crippen molar-refractivity contribution in [1.29, 1.82) is 0 Å². The lowest BCUT2D eigenvalue weighted by Crippen LogP contribution is -2.22. The van der Waals surface area contributed by atoms with Crippen LogP contribution in [0.25, 0.3) is 21.9 Å². The standard InChI is InChI=1S/C26H22/c1-17-22-10-5-6-11-23(22)18(2)26-24(17)12-7-13-25(26)21-15-14-19-8-3-4-9-20(19)16-21/h3-16,18,26H,1-2H3. The highest BCUT2D eigenvalue weighted by Crippen LogP contribution is 2.50. The lowest BCUT2D eigenvalue weighted by molar-refractivity contribution is 0.628. The van der Waals surface area contributed by atoms with Gasteiger partial charge in [-0.1, -0.05) is 85.8 Å². The van der Waals surface area contributed by atoms with Crippen LogP contribution in [-0.4, -0.2) is 0 Å². The molecule has 0 saturated carbocycles. The zero-order valence-electron chi connectivity index (χ0n) is 15.2. The fraction of sp³-hybridized carbons (Fsp3) is 0.154. The van der Waals surface area contributed by atoms with E-state index in [1.165, 1.54) is 44.2 Å². The van der Waals surface area contributed by atoms with Crippen molar-refractivity contribution in [2.45, 2.75) is 19.8 Å². The summed E-state index contributed by atoms with van der Waals surface area (Å²) in [5.41, 5.74) is 8.56. The Kier molecular flexibility index (Phi) is 3.46. The van der Waals surface area contributed by atoms with Crippen LogP contribution in [0.2, 0.25) is 0 Å². The lowest BCUT2D eigenvalue weighted by atomic mass is 9.67. The summed E-state index contributed by atoms with van der Waals surface area (Å²) in [7, 11) is 0. The molecule has 0 nitrogen and oxygen atoms in total. The molecule has 0 heterocycles. The SMILES string of the molecule is CC1=C2C=CC=C(c3ccc4ccccc4c3)C2C(C)c2ccccc21. The van der Waals surface area contributed by atoms with Gasteiger partial charge < -0.3 is 0 Å². The summed E-state index contributed by atoms with van der Waals surface area (Å²) in [6.07, 6.45) is 6.85. The van der Waals surface area contributed by atoms with E-state index in [1.54, 1.807) is 0 Å². The number of hydrogen-bond acceptors (Lipinski definition) is 0. The summed E-state index contributed by atoms with van der Waals surface area (Å²) in [5, 5.41) is 2.61. The highest BCUT2D eigenvalue weighted by molar-refractivity contribution is 5.90. The van der Waals surface area contributed by atoms with Gasteiger partial charge in [0.2, 0.25) is 0 Å². The zero-order valence-corrected chi connectivity index (χ0v) is 15.2. The van der Waals surface area contributed by atoms with Crippen molar-refractivity contribution in [1.82, 2.24) is 0 Å². The van der Waals surface area contributed by atoms with E-state index in [1.807, 2.05) is 0 Å². The van der Waals surface area contributed by atoms with Gasteiger partial charge in [0.1, 0.15) is 0 Å². The fourth-order valence-corrected chi connectivity index (χ4v) is 4.74. The zero-order chi connectivity index (χ0) is 17.7. The van der Waals surface area contributed by atoms with Gasteiger partial charge in [0.25, 0.3) is 0 Å². The van der Waals surface area contributed by atoms with E-state index in [0.29, 0.717) is 11.8 Å². The normalized spacial score (nSPS) is 21.4. The predicted molar refractivity (Wildman–Crippen MR) is 112 cm³/mol. The van der Waals surface area contributed by atoms with Crippen LogP contribution in [0.3, 0.4) is 0 Å². The van der Waals surface area contributed by atoms with Gasteiger partial charge in [-0.25, -0.2) is 0 Å². The molecule has 0 bridgehead atoms. The molecule has 0 aromatic heterocycles. The molecular formula is C26H22. The maximum Gasteiger partial charge on any atom is 0.0164 e. The molecule has 26 heavy (non-hydrogen) atoms. The van der Waals surface area contributed by atoms with E-state index in [2.05, 4.69) is 98.8 Å². The largest absolute Gasteiger partial charge is 0.0619 e. The first kappa shape index (κ1) is 15.4. The molecule has 2 unspecified atom stereocenters. The average molecular weight is 334 g/mol. The minimum absolute atomic E-state index is 0.427. The molecule has 2 aliphatic carbocycles.